The molecule has 4 N–H and O–H groups in total. The summed E-state index contributed by atoms with van der Waals surface area (Å²) in [4.78, 5) is 10.00. The van der Waals surface area contributed by atoms with Crippen LogP contribution >= 0.6 is 22.7 Å². The van der Waals surface area contributed by atoms with E-state index in [1.54, 1.807) is 22.7 Å². The van der Waals surface area contributed by atoms with Crippen LogP contribution in [-0.2, 0) is 0 Å². The number of aromatic nitrogens is 2. The number of nitrogen functional groups attached to an aromatic ring is 2. The first-order valence-electron chi connectivity index (χ1n) is 20.6. The second-order valence-corrected chi connectivity index (χ2v) is 17.8. The van der Waals surface area contributed by atoms with Crippen LogP contribution < -0.4 is 11.5 Å². The van der Waals surface area contributed by atoms with Crippen molar-refractivity contribution in [3.05, 3.63) is 194 Å². The molecular formula is C56H36N4S2. The molecule has 62 heavy (non-hydrogen) atoms. The van der Waals surface area contributed by atoms with Crippen LogP contribution in [-0.4, -0.2) is 9.97 Å². The Hall–Kier alpha value is -7.64. The fourth-order valence-electron chi connectivity index (χ4n) is 9.22. The van der Waals surface area contributed by atoms with E-state index in [1.807, 2.05) is 36.4 Å². The second-order valence-electron chi connectivity index (χ2n) is 15.7. The van der Waals surface area contributed by atoms with Gasteiger partial charge in [0.25, 0.3) is 0 Å². The zero-order chi connectivity index (χ0) is 41.3. The molecule has 0 bridgehead atoms. The average Bonchev–Trinajstić information content (AvgIpc) is 3.95. The smallest absolute Gasteiger partial charge is 0.124 e. The Morgan fingerprint density at radius 3 is 0.968 bits per heavy atom. The fraction of sp³-hybridized carbons (Fsp3) is 0. The van der Waals surface area contributed by atoms with Gasteiger partial charge in [-0.15, -0.1) is 22.7 Å². The average molecular weight is 829 g/mol. The summed E-state index contributed by atoms with van der Waals surface area (Å²) in [5, 5.41) is 9.20. The van der Waals surface area contributed by atoms with Gasteiger partial charge in [-0.3, -0.25) is 0 Å². The summed E-state index contributed by atoms with van der Waals surface area (Å²) >= 11 is 3.35. The molecule has 2 heterocycles. The third-order valence-corrected chi connectivity index (χ3v) is 14.1. The minimum absolute atomic E-state index is 0.747. The molecular weight excluding hydrogens is 793 g/mol. The highest BCUT2D eigenvalue weighted by Crippen LogP contribution is 2.54. The molecule has 0 fully saturated rings. The van der Waals surface area contributed by atoms with E-state index < -0.39 is 0 Å². The van der Waals surface area contributed by atoms with Crippen molar-refractivity contribution in [2.24, 2.45) is 0 Å². The number of nitrogens with two attached hydrogens (primary N) is 2. The number of fused-ring (bicyclic) bond motifs is 5. The van der Waals surface area contributed by atoms with E-state index in [-0.39, 0.29) is 0 Å². The SMILES string of the molecule is Nc1ccc2nc(-c3ccc(-c4c5ccccc5c(-c5ccc(-c6nc7ccc(N)cc7s6)cc5)c5c(-c6ccccc6)c6ccccc6c(-c6ccccc6)c45)cc3)sc2c1. The van der Waals surface area contributed by atoms with Gasteiger partial charge < -0.3 is 11.5 Å². The summed E-state index contributed by atoms with van der Waals surface area (Å²) in [7, 11) is 0. The molecule has 0 spiro atoms. The van der Waals surface area contributed by atoms with E-state index in [9.17, 15) is 0 Å². The summed E-state index contributed by atoms with van der Waals surface area (Å²) in [6.45, 7) is 0. The van der Waals surface area contributed by atoms with Gasteiger partial charge >= 0.3 is 0 Å². The first kappa shape index (κ1) is 36.2. The standard InChI is InChI=1S/C56H36N4S2/c57-39-27-29-45-47(31-39)61-55(59-45)37-23-19-35(20-24-37)51-43-17-9-10-18-44(43)52(36-21-25-38(26-22-36)56-60-46-30-28-40(58)32-48(46)62-56)54-50(34-13-5-2-6-14-34)42-16-8-7-15-41(42)49(53(51)54)33-11-3-1-4-12-33/h1-32H,57-58H2. The van der Waals surface area contributed by atoms with Crippen LogP contribution in [0.25, 0.3) is 118 Å². The maximum Gasteiger partial charge on any atom is 0.124 e. The van der Waals surface area contributed by atoms with Crippen LogP contribution in [0.3, 0.4) is 0 Å². The Kier molecular flexibility index (Phi) is 8.49. The van der Waals surface area contributed by atoms with Crippen molar-refractivity contribution in [2.45, 2.75) is 0 Å². The molecule has 0 saturated heterocycles. The number of benzene rings is 10. The molecule has 0 aliphatic rings. The first-order chi connectivity index (χ1) is 30.6. The van der Waals surface area contributed by atoms with Crippen LogP contribution in [0, 0.1) is 0 Å². The third-order valence-electron chi connectivity index (χ3n) is 12.0. The van der Waals surface area contributed by atoms with Gasteiger partial charge in [0.1, 0.15) is 10.0 Å². The Labute approximate surface area is 366 Å². The lowest BCUT2D eigenvalue weighted by atomic mass is 9.77. The lowest BCUT2D eigenvalue weighted by Gasteiger charge is -2.25. The second kappa shape index (κ2) is 14.5. The predicted octanol–water partition coefficient (Wildman–Crippen LogP) is 15.5. The molecule has 4 nitrogen and oxygen atoms in total. The van der Waals surface area contributed by atoms with Crippen LogP contribution in [0.1, 0.15) is 0 Å². The Morgan fingerprint density at radius 2 is 0.613 bits per heavy atom. The van der Waals surface area contributed by atoms with Crippen LogP contribution in [0.2, 0.25) is 0 Å². The summed E-state index contributed by atoms with van der Waals surface area (Å²) in [5.41, 5.74) is 27.4. The van der Waals surface area contributed by atoms with Gasteiger partial charge in [0.05, 0.1) is 20.4 Å². The van der Waals surface area contributed by atoms with Crippen LogP contribution in [0.15, 0.2) is 194 Å². The highest BCUT2D eigenvalue weighted by Gasteiger charge is 2.26. The Balaban J connectivity index is 1.19. The number of hydrogen-bond acceptors (Lipinski definition) is 6. The molecule has 0 radical (unpaired) electrons. The summed E-state index contributed by atoms with van der Waals surface area (Å²) < 4.78 is 2.17. The summed E-state index contributed by atoms with van der Waals surface area (Å²) in [6.07, 6.45) is 0. The monoisotopic (exact) mass is 828 g/mol. The number of hydrogen-bond donors (Lipinski definition) is 2. The van der Waals surface area contributed by atoms with E-state index in [0.29, 0.717) is 0 Å². The van der Waals surface area contributed by atoms with Gasteiger partial charge in [-0.25, -0.2) is 9.97 Å². The molecule has 0 aliphatic heterocycles. The van der Waals surface area contributed by atoms with Crippen molar-refractivity contribution in [3.8, 4) is 65.6 Å². The summed E-state index contributed by atoms with van der Waals surface area (Å²) in [6, 6.07) is 69.6. The van der Waals surface area contributed by atoms with E-state index >= 15 is 0 Å². The van der Waals surface area contributed by atoms with E-state index in [2.05, 4.69) is 158 Å². The van der Waals surface area contributed by atoms with Crippen molar-refractivity contribution in [2.75, 3.05) is 11.5 Å². The van der Waals surface area contributed by atoms with Crippen molar-refractivity contribution in [3.63, 3.8) is 0 Å². The Bertz CT molecular complexity index is 3440. The van der Waals surface area contributed by atoms with Crippen LogP contribution in [0.4, 0.5) is 11.4 Å². The fourth-order valence-corrected chi connectivity index (χ4v) is 11.3. The van der Waals surface area contributed by atoms with Gasteiger partial charge in [0.15, 0.2) is 0 Å². The minimum atomic E-state index is 0.747. The molecule has 0 saturated carbocycles. The maximum atomic E-state index is 6.15. The molecule has 0 aliphatic carbocycles. The van der Waals surface area contributed by atoms with Gasteiger partial charge in [-0.05, 0) is 113 Å². The predicted molar refractivity (Wildman–Crippen MR) is 267 cm³/mol. The number of rotatable bonds is 6. The molecule has 12 aromatic rings. The number of nitrogens with zero attached hydrogens (tertiary/aromatic N) is 2. The van der Waals surface area contributed by atoms with Gasteiger partial charge in [0, 0.05) is 22.5 Å². The topological polar surface area (TPSA) is 77.8 Å². The lowest BCUT2D eigenvalue weighted by Crippen LogP contribution is -1.97. The van der Waals surface area contributed by atoms with Crippen molar-refractivity contribution < 1.29 is 0 Å². The normalized spacial score (nSPS) is 11.7. The summed E-state index contributed by atoms with van der Waals surface area (Å²) in [5.74, 6) is 0. The van der Waals surface area contributed by atoms with Crippen LogP contribution in [0.5, 0.6) is 0 Å². The number of thiazole rings is 2. The molecule has 2 aromatic heterocycles. The van der Waals surface area contributed by atoms with Crippen molar-refractivity contribution >= 4 is 86.8 Å². The van der Waals surface area contributed by atoms with E-state index in [4.69, 9.17) is 21.4 Å². The maximum absolute atomic E-state index is 6.15. The zero-order valence-corrected chi connectivity index (χ0v) is 35.0. The molecule has 0 unspecified atom stereocenters. The molecule has 0 amide bonds. The minimum Gasteiger partial charge on any atom is -0.399 e. The highest BCUT2D eigenvalue weighted by molar-refractivity contribution is 7.22. The van der Waals surface area contributed by atoms with Gasteiger partial charge in [0.2, 0.25) is 0 Å². The first-order valence-corrected chi connectivity index (χ1v) is 22.3. The largest absolute Gasteiger partial charge is 0.399 e. The van der Waals surface area contributed by atoms with Crippen molar-refractivity contribution in [1.29, 1.82) is 0 Å². The van der Waals surface area contributed by atoms with Gasteiger partial charge in [-0.2, -0.15) is 0 Å². The molecule has 0 atom stereocenters. The highest BCUT2D eigenvalue weighted by atomic mass is 32.1. The molecule has 10 aromatic carbocycles. The lowest BCUT2D eigenvalue weighted by molar-refractivity contribution is 1.48. The van der Waals surface area contributed by atoms with Crippen molar-refractivity contribution in [1.82, 2.24) is 9.97 Å². The zero-order valence-electron chi connectivity index (χ0n) is 33.3. The van der Waals surface area contributed by atoms with E-state index in [1.165, 1.54) is 65.7 Å². The Morgan fingerprint density at radius 1 is 0.306 bits per heavy atom. The molecule has 292 valence electrons. The van der Waals surface area contributed by atoms with Gasteiger partial charge in [-0.1, -0.05) is 158 Å². The quantitative estimate of drug-likeness (QED) is 0.129. The third kappa shape index (κ3) is 5.95. The molecule has 6 heteroatoms. The number of anilines is 2. The van der Waals surface area contributed by atoms with E-state index in [0.717, 1.165) is 64.1 Å². The molecule has 12 rings (SSSR count).